The highest BCUT2D eigenvalue weighted by atomic mass is 16.1. The molecule has 2 aromatic carbocycles. The fraction of sp³-hybridized carbons (Fsp3) is 0.136. The van der Waals surface area contributed by atoms with E-state index in [0.717, 1.165) is 51.6 Å². The lowest BCUT2D eigenvalue weighted by molar-refractivity contribution is 0.102. The number of rotatable bonds is 6. The molecule has 1 amide bonds. The summed E-state index contributed by atoms with van der Waals surface area (Å²) in [6, 6.07) is 15.4. The molecule has 0 radical (unpaired) electrons. The van der Waals surface area contributed by atoms with E-state index in [9.17, 15) is 4.79 Å². The van der Waals surface area contributed by atoms with Crippen LogP contribution in [0.2, 0.25) is 0 Å². The zero-order chi connectivity index (χ0) is 21.1. The van der Waals surface area contributed by atoms with E-state index in [-0.39, 0.29) is 11.9 Å². The third kappa shape index (κ3) is 4.02. The van der Waals surface area contributed by atoms with Gasteiger partial charge >= 0.3 is 0 Å². The average Bonchev–Trinajstić information content (AvgIpc) is 3.36. The SMILES string of the molecule is CCC/C(=N/NC(=N)N)c1ccc2[nH]c(C(=O)Nc3ccc4cc[nH]c4c3)cc2c1. The minimum absolute atomic E-state index is 0.206. The second-order valence-corrected chi connectivity index (χ2v) is 7.05. The molecule has 4 aromatic rings. The summed E-state index contributed by atoms with van der Waals surface area (Å²) < 4.78 is 0. The molecule has 0 aliphatic heterocycles. The van der Waals surface area contributed by atoms with Gasteiger partial charge in [-0.25, -0.2) is 5.43 Å². The van der Waals surface area contributed by atoms with Crippen LogP contribution >= 0.6 is 0 Å². The maximum Gasteiger partial charge on any atom is 0.272 e. The monoisotopic (exact) mass is 401 g/mol. The van der Waals surface area contributed by atoms with Crippen LogP contribution in [-0.4, -0.2) is 27.5 Å². The third-order valence-corrected chi connectivity index (χ3v) is 4.81. The van der Waals surface area contributed by atoms with Gasteiger partial charge in [-0.3, -0.25) is 10.2 Å². The van der Waals surface area contributed by atoms with Crippen molar-refractivity contribution in [3.8, 4) is 0 Å². The van der Waals surface area contributed by atoms with Crippen molar-refractivity contribution in [2.75, 3.05) is 5.32 Å². The van der Waals surface area contributed by atoms with Crippen LogP contribution in [0, 0.1) is 5.41 Å². The van der Waals surface area contributed by atoms with E-state index < -0.39 is 0 Å². The molecule has 4 rings (SSSR count). The number of nitrogens with one attached hydrogen (secondary N) is 5. The average molecular weight is 401 g/mol. The van der Waals surface area contributed by atoms with Gasteiger partial charge in [0.1, 0.15) is 5.69 Å². The van der Waals surface area contributed by atoms with E-state index in [0.29, 0.717) is 5.69 Å². The summed E-state index contributed by atoms with van der Waals surface area (Å²) >= 11 is 0. The number of nitrogens with two attached hydrogens (primary N) is 1. The Balaban J connectivity index is 1.58. The molecule has 2 aromatic heterocycles. The summed E-state index contributed by atoms with van der Waals surface area (Å²) in [6.45, 7) is 2.06. The van der Waals surface area contributed by atoms with Gasteiger partial charge in [0, 0.05) is 28.3 Å². The Labute approximate surface area is 173 Å². The highest BCUT2D eigenvalue weighted by molar-refractivity contribution is 6.08. The van der Waals surface area contributed by atoms with Gasteiger partial charge < -0.3 is 21.0 Å². The topological polar surface area (TPSA) is 135 Å². The van der Waals surface area contributed by atoms with Crippen molar-refractivity contribution < 1.29 is 4.79 Å². The number of carbonyl (C=O) groups excluding carboxylic acids is 1. The summed E-state index contributed by atoms with van der Waals surface area (Å²) in [4.78, 5) is 19.0. The van der Waals surface area contributed by atoms with Gasteiger partial charge in [0.05, 0.1) is 5.71 Å². The lowest BCUT2D eigenvalue weighted by Crippen LogP contribution is -2.27. The first-order chi connectivity index (χ1) is 14.5. The van der Waals surface area contributed by atoms with Gasteiger partial charge in [-0.1, -0.05) is 25.5 Å². The molecule has 0 saturated carbocycles. The summed E-state index contributed by atoms with van der Waals surface area (Å²) in [5.41, 5.74) is 12.6. The number of hydrogen-bond donors (Lipinski definition) is 6. The lowest BCUT2D eigenvalue weighted by Gasteiger charge is -2.06. The molecule has 2 heterocycles. The quantitative estimate of drug-likeness (QED) is 0.166. The van der Waals surface area contributed by atoms with E-state index in [2.05, 4.69) is 32.7 Å². The van der Waals surface area contributed by atoms with Crippen LogP contribution < -0.4 is 16.5 Å². The van der Waals surface area contributed by atoms with Crippen molar-refractivity contribution >= 4 is 45.1 Å². The van der Waals surface area contributed by atoms with Gasteiger partial charge in [0.25, 0.3) is 5.91 Å². The first-order valence-electron chi connectivity index (χ1n) is 9.71. The molecule has 0 fully saturated rings. The third-order valence-electron chi connectivity index (χ3n) is 4.81. The summed E-state index contributed by atoms with van der Waals surface area (Å²) in [5.74, 6) is -0.415. The number of hydrazone groups is 1. The van der Waals surface area contributed by atoms with Crippen molar-refractivity contribution in [1.82, 2.24) is 15.4 Å². The summed E-state index contributed by atoms with van der Waals surface area (Å²) in [6.07, 6.45) is 3.51. The molecule has 30 heavy (non-hydrogen) atoms. The molecule has 0 aliphatic rings. The smallest absolute Gasteiger partial charge is 0.272 e. The van der Waals surface area contributed by atoms with E-state index in [1.807, 2.05) is 54.7 Å². The van der Waals surface area contributed by atoms with Crippen LogP contribution in [0.5, 0.6) is 0 Å². The molecule has 7 N–H and O–H groups in total. The van der Waals surface area contributed by atoms with E-state index in [1.54, 1.807) is 0 Å². The number of aromatic amines is 2. The van der Waals surface area contributed by atoms with Crippen LogP contribution in [-0.2, 0) is 0 Å². The van der Waals surface area contributed by atoms with Crippen LogP contribution in [0.1, 0.15) is 35.8 Å². The van der Waals surface area contributed by atoms with Gasteiger partial charge in [-0.2, -0.15) is 5.10 Å². The number of anilines is 1. The van der Waals surface area contributed by atoms with E-state index >= 15 is 0 Å². The lowest BCUT2D eigenvalue weighted by atomic mass is 10.0. The molecule has 0 bridgehead atoms. The Morgan fingerprint density at radius 2 is 1.97 bits per heavy atom. The predicted molar refractivity (Wildman–Crippen MR) is 121 cm³/mol. The minimum atomic E-state index is -0.209. The molecule has 0 spiro atoms. The number of fused-ring (bicyclic) bond motifs is 2. The number of aromatic nitrogens is 2. The summed E-state index contributed by atoms with van der Waals surface area (Å²) in [7, 11) is 0. The first kappa shape index (κ1) is 19.3. The van der Waals surface area contributed by atoms with Gasteiger partial charge in [-0.15, -0.1) is 0 Å². The molecule has 0 saturated heterocycles. The van der Waals surface area contributed by atoms with Crippen molar-refractivity contribution in [3.63, 3.8) is 0 Å². The molecule has 8 nitrogen and oxygen atoms in total. The highest BCUT2D eigenvalue weighted by Gasteiger charge is 2.12. The van der Waals surface area contributed by atoms with Crippen LogP contribution in [0.25, 0.3) is 21.8 Å². The van der Waals surface area contributed by atoms with Gasteiger partial charge in [-0.05, 0) is 53.8 Å². The maximum atomic E-state index is 12.7. The van der Waals surface area contributed by atoms with Crippen molar-refractivity contribution in [2.45, 2.75) is 19.8 Å². The van der Waals surface area contributed by atoms with E-state index in [1.165, 1.54) is 0 Å². The zero-order valence-corrected chi connectivity index (χ0v) is 16.5. The highest BCUT2D eigenvalue weighted by Crippen LogP contribution is 2.21. The number of nitrogens with zero attached hydrogens (tertiary/aromatic N) is 1. The van der Waals surface area contributed by atoms with Crippen LogP contribution in [0.15, 0.2) is 59.8 Å². The minimum Gasteiger partial charge on any atom is -0.369 e. The molecule has 0 unspecified atom stereocenters. The number of hydrogen-bond acceptors (Lipinski definition) is 3. The van der Waals surface area contributed by atoms with Crippen molar-refractivity contribution in [2.24, 2.45) is 10.8 Å². The Bertz CT molecular complexity index is 1260. The predicted octanol–water partition coefficient (Wildman–Crippen LogP) is 3.89. The normalized spacial score (nSPS) is 11.7. The van der Waals surface area contributed by atoms with Crippen LogP contribution in [0.3, 0.4) is 0 Å². The van der Waals surface area contributed by atoms with Crippen molar-refractivity contribution in [1.29, 1.82) is 5.41 Å². The Kier molecular flexibility index (Phi) is 5.21. The Hall–Kier alpha value is -4.07. The fourth-order valence-corrected chi connectivity index (χ4v) is 3.39. The molecular weight excluding hydrogens is 378 g/mol. The Morgan fingerprint density at radius 1 is 1.10 bits per heavy atom. The first-order valence-corrected chi connectivity index (χ1v) is 9.71. The largest absolute Gasteiger partial charge is 0.369 e. The molecular formula is C22H23N7O. The molecule has 0 atom stereocenters. The number of amides is 1. The number of H-pyrrole nitrogens is 2. The van der Waals surface area contributed by atoms with Crippen LogP contribution in [0.4, 0.5) is 5.69 Å². The second kappa shape index (κ2) is 8.12. The molecule has 152 valence electrons. The van der Waals surface area contributed by atoms with Gasteiger partial charge in [0.15, 0.2) is 0 Å². The van der Waals surface area contributed by atoms with Gasteiger partial charge in [0.2, 0.25) is 5.96 Å². The standard InChI is InChI=1S/C22H23N7O/c1-2-3-18(28-29-22(23)24)14-5-7-17-15(10-14)11-20(27-17)21(30)26-16-6-4-13-8-9-25-19(13)12-16/h4-12,25,27H,2-3H2,1H3,(H,26,30)(H4,23,24,29)/b28-18-. The van der Waals surface area contributed by atoms with Crippen molar-refractivity contribution in [3.05, 3.63) is 66.0 Å². The maximum absolute atomic E-state index is 12.7. The molecule has 0 aliphatic carbocycles. The number of guanidine groups is 1. The number of carbonyl (C=O) groups is 1. The molecule has 8 heteroatoms. The Morgan fingerprint density at radius 3 is 2.77 bits per heavy atom. The fourth-order valence-electron chi connectivity index (χ4n) is 3.39. The number of benzene rings is 2. The second-order valence-electron chi connectivity index (χ2n) is 7.05. The van der Waals surface area contributed by atoms with E-state index in [4.69, 9.17) is 11.1 Å². The zero-order valence-electron chi connectivity index (χ0n) is 16.5. The summed E-state index contributed by atoms with van der Waals surface area (Å²) in [5, 5.41) is 16.5.